The molecule has 0 saturated carbocycles. The minimum atomic E-state index is 0.00861. The van der Waals surface area contributed by atoms with Crippen molar-refractivity contribution in [2.75, 3.05) is 11.9 Å². The van der Waals surface area contributed by atoms with Crippen molar-refractivity contribution >= 4 is 17.3 Å². The zero-order chi connectivity index (χ0) is 13.0. The van der Waals surface area contributed by atoms with Gasteiger partial charge in [0.05, 0.1) is 10.7 Å². The Morgan fingerprint density at radius 2 is 2.11 bits per heavy atom. The molecule has 0 bridgehead atoms. The molecule has 0 radical (unpaired) electrons. The molecule has 3 nitrogen and oxygen atoms in total. The molecule has 0 aliphatic carbocycles. The lowest BCUT2D eigenvalue weighted by Gasteiger charge is -2.10. The largest absolute Gasteiger partial charge is 0.382 e. The number of nitrogens with one attached hydrogen (secondary N) is 1. The second kappa shape index (κ2) is 5.74. The standard InChI is InChI=1S/C14H15ClN2O/c1-11-5-6-13(12(15)10-11)16-7-9-17-8-3-2-4-14(17)18/h2-6,8,10,16H,7,9H2,1H3. The van der Waals surface area contributed by atoms with Gasteiger partial charge in [-0.1, -0.05) is 23.7 Å². The van der Waals surface area contributed by atoms with E-state index in [-0.39, 0.29) is 5.56 Å². The van der Waals surface area contributed by atoms with Gasteiger partial charge in [0.1, 0.15) is 0 Å². The van der Waals surface area contributed by atoms with Gasteiger partial charge in [-0.3, -0.25) is 4.79 Å². The van der Waals surface area contributed by atoms with E-state index in [0.29, 0.717) is 18.1 Å². The summed E-state index contributed by atoms with van der Waals surface area (Å²) in [5, 5.41) is 3.93. The predicted molar refractivity (Wildman–Crippen MR) is 75.4 cm³/mol. The summed E-state index contributed by atoms with van der Waals surface area (Å²) >= 11 is 6.11. The van der Waals surface area contributed by atoms with Gasteiger partial charge in [0.15, 0.2) is 0 Å². The van der Waals surface area contributed by atoms with Crippen molar-refractivity contribution in [2.45, 2.75) is 13.5 Å². The summed E-state index contributed by atoms with van der Waals surface area (Å²) in [6, 6.07) is 11.0. The van der Waals surface area contributed by atoms with Crippen LogP contribution in [-0.2, 0) is 6.54 Å². The average Bonchev–Trinajstić information content (AvgIpc) is 2.34. The summed E-state index contributed by atoms with van der Waals surface area (Å²) in [4.78, 5) is 11.5. The Morgan fingerprint density at radius 3 is 2.83 bits per heavy atom. The van der Waals surface area contributed by atoms with E-state index in [9.17, 15) is 4.79 Å². The highest BCUT2D eigenvalue weighted by molar-refractivity contribution is 6.33. The minimum Gasteiger partial charge on any atom is -0.382 e. The van der Waals surface area contributed by atoms with Crippen LogP contribution >= 0.6 is 11.6 Å². The third-order valence-corrected chi connectivity index (χ3v) is 3.00. The fourth-order valence-electron chi connectivity index (χ4n) is 1.72. The van der Waals surface area contributed by atoms with E-state index in [2.05, 4.69) is 5.32 Å². The van der Waals surface area contributed by atoms with Crippen LogP contribution in [0.15, 0.2) is 47.4 Å². The lowest BCUT2D eigenvalue weighted by Crippen LogP contribution is -2.22. The van der Waals surface area contributed by atoms with Gasteiger partial charge < -0.3 is 9.88 Å². The molecule has 0 aliphatic heterocycles. The quantitative estimate of drug-likeness (QED) is 0.919. The van der Waals surface area contributed by atoms with Gasteiger partial charge in [-0.15, -0.1) is 0 Å². The zero-order valence-corrected chi connectivity index (χ0v) is 10.9. The van der Waals surface area contributed by atoms with Crippen molar-refractivity contribution in [3.05, 3.63) is 63.5 Å². The van der Waals surface area contributed by atoms with Gasteiger partial charge >= 0.3 is 0 Å². The molecule has 0 fully saturated rings. The van der Waals surface area contributed by atoms with Crippen LogP contribution in [0.5, 0.6) is 0 Å². The molecule has 0 amide bonds. The minimum absolute atomic E-state index is 0.00861. The van der Waals surface area contributed by atoms with Crippen molar-refractivity contribution in [3.8, 4) is 0 Å². The summed E-state index contributed by atoms with van der Waals surface area (Å²) in [5.74, 6) is 0. The number of halogens is 1. The number of nitrogens with zero attached hydrogens (tertiary/aromatic N) is 1. The van der Waals surface area contributed by atoms with Crippen LogP contribution in [0.25, 0.3) is 0 Å². The number of anilines is 1. The van der Waals surface area contributed by atoms with E-state index in [1.165, 1.54) is 0 Å². The van der Waals surface area contributed by atoms with Gasteiger partial charge in [0.25, 0.3) is 5.56 Å². The molecule has 2 rings (SSSR count). The van der Waals surface area contributed by atoms with Gasteiger partial charge in [-0.2, -0.15) is 0 Å². The molecular formula is C14H15ClN2O. The van der Waals surface area contributed by atoms with Crippen LogP contribution in [0.1, 0.15) is 5.56 Å². The highest BCUT2D eigenvalue weighted by Crippen LogP contribution is 2.22. The molecule has 1 heterocycles. The third kappa shape index (κ3) is 3.14. The lowest BCUT2D eigenvalue weighted by atomic mass is 10.2. The first-order chi connectivity index (χ1) is 8.66. The Morgan fingerprint density at radius 1 is 1.28 bits per heavy atom. The number of hydrogen-bond acceptors (Lipinski definition) is 2. The molecule has 1 aromatic carbocycles. The number of pyridine rings is 1. The second-order valence-corrected chi connectivity index (χ2v) is 4.55. The molecule has 0 saturated heterocycles. The first-order valence-electron chi connectivity index (χ1n) is 5.82. The Bertz CT molecular complexity index is 592. The van der Waals surface area contributed by atoms with Crippen LogP contribution in [0.3, 0.4) is 0 Å². The highest BCUT2D eigenvalue weighted by atomic mass is 35.5. The topological polar surface area (TPSA) is 34.0 Å². The fraction of sp³-hybridized carbons (Fsp3) is 0.214. The Labute approximate surface area is 111 Å². The number of benzene rings is 1. The molecule has 4 heteroatoms. The maximum Gasteiger partial charge on any atom is 0.250 e. The van der Waals surface area contributed by atoms with Gasteiger partial charge in [0, 0.05) is 25.4 Å². The van der Waals surface area contributed by atoms with Crippen LogP contribution < -0.4 is 10.9 Å². The molecule has 0 atom stereocenters. The molecule has 94 valence electrons. The van der Waals surface area contributed by atoms with Crippen molar-refractivity contribution in [1.29, 1.82) is 0 Å². The van der Waals surface area contributed by atoms with E-state index in [1.54, 1.807) is 22.9 Å². The SMILES string of the molecule is Cc1ccc(NCCn2ccccc2=O)c(Cl)c1. The van der Waals surface area contributed by atoms with Crippen LogP contribution in [-0.4, -0.2) is 11.1 Å². The molecule has 2 aromatic rings. The molecule has 1 N–H and O–H groups in total. The molecule has 0 spiro atoms. The first kappa shape index (κ1) is 12.7. The van der Waals surface area contributed by atoms with Crippen LogP contribution in [0.2, 0.25) is 5.02 Å². The number of aryl methyl sites for hydroxylation is 1. The van der Waals surface area contributed by atoms with E-state index in [1.807, 2.05) is 31.2 Å². The molecule has 1 aromatic heterocycles. The maximum absolute atomic E-state index is 11.5. The smallest absolute Gasteiger partial charge is 0.250 e. The van der Waals surface area contributed by atoms with Gasteiger partial charge in [-0.05, 0) is 30.7 Å². The second-order valence-electron chi connectivity index (χ2n) is 4.14. The third-order valence-electron chi connectivity index (χ3n) is 2.69. The molecule has 0 unspecified atom stereocenters. The van der Waals surface area contributed by atoms with Crippen molar-refractivity contribution in [3.63, 3.8) is 0 Å². The van der Waals surface area contributed by atoms with Crippen molar-refractivity contribution < 1.29 is 0 Å². The summed E-state index contributed by atoms with van der Waals surface area (Å²) < 4.78 is 1.66. The first-order valence-corrected chi connectivity index (χ1v) is 6.20. The Balaban J connectivity index is 1.97. The highest BCUT2D eigenvalue weighted by Gasteiger charge is 1.99. The Kier molecular flexibility index (Phi) is 4.05. The number of hydrogen-bond donors (Lipinski definition) is 1. The molecular weight excluding hydrogens is 248 g/mol. The molecule has 0 aliphatic rings. The maximum atomic E-state index is 11.5. The van der Waals surface area contributed by atoms with Crippen molar-refractivity contribution in [1.82, 2.24) is 4.57 Å². The molecule has 18 heavy (non-hydrogen) atoms. The monoisotopic (exact) mass is 262 g/mol. The van der Waals surface area contributed by atoms with E-state index in [4.69, 9.17) is 11.6 Å². The van der Waals surface area contributed by atoms with Gasteiger partial charge in [-0.25, -0.2) is 0 Å². The van der Waals surface area contributed by atoms with E-state index < -0.39 is 0 Å². The van der Waals surface area contributed by atoms with Crippen molar-refractivity contribution in [2.24, 2.45) is 0 Å². The Hall–Kier alpha value is -1.74. The summed E-state index contributed by atoms with van der Waals surface area (Å²) in [6.45, 7) is 3.27. The lowest BCUT2D eigenvalue weighted by molar-refractivity contribution is 0.697. The normalized spacial score (nSPS) is 10.3. The summed E-state index contributed by atoms with van der Waals surface area (Å²) in [5.41, 5.74) is 2.03. The predicted octanol–water partition coefficient (Wildman–Crippen LogP) is 2.92. The van der Waals surface area contributed by atoms with E-state index in [0.717, 1.165) is 11.3 Å². The zero-order valence-electron chi connectivity index (χ0n) is 10.2. The number of rotatable bonds is 4. The fourth-order valence-corrected chi connectivity index (χ4v) is 2.02. The van der Waals surface area contributed by atoms with E-state index >= 15 is 0 Å². The van der Waals surface area contributed by atoms with Crippen LogP contribution in [0, 0.1) is 6.92 Å². The number of aromatic nitrogens is 1. The summed E-state index contributed by atoms with van der Waals surface area (Å²) in [6.07, 6.45) is 1.78. The summed E-state index contributed by atoms with van der Waals surface area (Å²) in [7, 11) is 0. The average molecular weight is 263 g/mol. The van der Waals surface area contributed by atoms with Gasteiger partial charge in [0.2, 0.25) is 0 Å². The van der Waals surface area contributed by atoms with Crippen LogP contribution in [0.4, 0.5) is 5.69 Å².